The first-order valence-corrected chi connectivity index (χ1v) is 8.38. The van der Waals surface area contributed by atoms with Gasteiger partial charge in [0.1, 0.15) is 0 Å². The van der Waals surface area contributed by atoms with Crippen molar-refractivity contribution in [2.24, 2.45) is 0 Å². The van der Waals surface area contributed by atoms with Crippen molar-refractivity contribution >= 4 is 11.9 Å². The third-order valence-electron chi connectivity index (χ3n) is 4.90. The Morgan fingerprint density at radius 3 is 1.38 bits per heavy atom. The minimum Gasteiger partial charge on any atom is -0.478 e. The second kappa shape index (κ2) is 6.15. The predicted molar refractivity (Wildman–Crippen MR) is 98.6 cm³/mol. The number of aryl methyl sites for hydroxylation is 2. The molecule has 1 aliphatic carbocycles. The summed E-state index contributed by atoms with van der Waals surface area (Å²) in [5, 5.41) is 19.5. The van der Waals surface area contributed by atoms with E-state index >= 15 is 0 Å². The van der Waals surface area contributed by atoms with Gasteiger partial charge in [0.25, 0.3) is 0 Å². The van der Waals surface area contributed by atoms with Crippen LogP contribution in [0.3, 0.4) is 0 Å². The Balaban J connectivity index is 2.22. The number of carboxylic acids is 2. The van der Waals surface area contributed by atoms with Gasteiger partial charge < -0.3 is 10.2 Å². The summed E-state index contributed by atoms with van der Waals surface area (Å²) in [6.07, 6.45) is 1.53. The molecule has 0 saturated carbocycles. The standard InChI is InChI=1S/C22H16O4/c23-21(24)17-11-12-18(22(25)26)20-16-8-4-2-6-14(16)10-9-13-5-1-3-7-15(13)19(17)20/h1-8,11-12H,9-10H2,(H,23,24)(H,25,26). The maximum atomic E-state index is 11.9. The van der Waals surface area contributed by atoms with Gasteiger partial charge in [0.05, 0.1) is 11.1 Å². The van der Waals surface area contributed by atoms with Gasteiger partial charge in [0.2, 0.25) is 0 Å². The second-order valence-electron chi connectivity index (χ2n) is 6.34. The van der Waals surface area contributed by atoms with Crippen LogP contribution in [0.15, 0.2) is 60.7 Å². The Hall–Kier alpha value is -3.40. The summed E-state index contributed by atoms with van der Waals surface area (Å²) in [6, 6.07) is 18.1. The topological polar surface area (TPSA) is 74.6 Å². The molecule has 128 valence electrons. The first kappa shape index (κ1) is 16.1. The number of carboxylic acid groups (broad SMARTS) is 2. The lowest BCUT2D eigenvalue weighted by atomic mass is 9.80. The molecule has 2 N–H and O–H groups in total. The van der Waals surface area contributed by atoms with Gasteiger partial charge in [0.15, 0.2) is 0 Å². The van der Waals surface area contributed by atoms with Crippen LogP contribution in [-0.4, -0.2) is 22.2 Å². The van der Waals surface area contributed by atoms with E-state index in [0.29, 0.717) is 11.1 Å². The minimum atomic E-state index is -1.06. The van der Waals surface area contributed by atoms with E-state index in [2.05, 4.69) is 0 Å². The molecule has 3 aromatic carbocycles. The summed E-state index contributed by atoms with van der Waals surface area (Å²) >= 11 is 0. The van der Waals surface area contributed by atoms with E-state index in [0.717, 1.165) is 35.1 Å². The number of benzene rings is 3. The summed E-state index contributed by atoms with van der Waals surface area (Å²) in [7, 11) is 0. The molecule has 0 spiro atoms. The number of rotatable bonds is 2. The molecule has 0 unspecified atom stereocenters. The summed E-state index contributed by atoms with van der Waals surface area (Å²) in [5.41, 5.74) is 4.83. The maximum absolute atomic E-state index is 11.9. The molecule has 0 amide bonds. The number of hydrogen-bond acceptors (Lipinski definition) is 2. The van der Waals surface area contributed by atoms with Crippen LogP contribution in [-0.2, 0) is 12.8 Å². The van der Waals surface area contributed by atoms with Gasteiger partial charge in [-0.1, -0.05) is 48.5 Å². The van der Waals surface area contributed by atoms with E-state index < -0.39 is 11.9 Å². The van der Waals surface area contributed by atoms with Crippen molar-refractivity contribution in [1.82, 2.24) is 0 Å². The highest BCUT2D eigenvalue weighted by Gasteiger charge is 2.27. The van der Waals surface area contributed by atoms with Crippen molar-refractivity contribution in [1.29, 1.82) is 0 Å². The quantitative estimate of drug-likeness (QED) is 0.717. The Labute approximate surface area is 150 Å². The molecule has 26 heavy (non-hydrogen) atoms. The molecule has 0 radical (unpaired) electrons. The van der Waals surface area contributed by atoms with Crippen LogP contribution in [0.5, 0.6) is 0 Å². The number of hydrogen-bond donors (Lipinski definition) is 2. The Kier molecular flexibility index (Phi) is 3.81. The smallest absolute Gasteiger partial charge is 0.336 e. The lowest BCUT2D eigenvalue weighted by Crippen LogP contribution is -2.11. The van der Waals surface area contributed by atoms with Crippen LogP contribution in [0.25, 0.3) is 22.3 Å². The fourth-order valence-electron chi connectivity index (χ4n) is 3.75. The zero-order chi connectivity index (χ0) is 18.3. The molecular weight excluding hydrogens is 328 g/mol. The van der Waals surface area contributed by atoms with Crippen LogP contribution in [0, 0.1) is 0 Å². The van der Waals surface area contributed by atoms with Crippen molar-refractivity contribution in [2.45, 2.75) is 12.8 Å². The molecule has 1 aliphatic rings. The molecule has 3 aromatic rings. The fourth-order valence-corrected chi connectivity index (χ4v) is 3.75. The Morgan fingerprint density at radius 2 is 1.00 bits per heavy atom. The molecule has 0 aromatic heterocycles. The molecular formula is C22H16O4. The van der Waals surface area contributed by atoms with Gasteiger partial charge in [-0.25, -0.2) is 9.59 Å². The number of carbonyl (C=O) groups is 2. The van der Waals surface area contributed by atoms with Crippen LogP contribution in [0.2, 0.25) is 0 Å². The third-order valence-corrected chi connectivity index (χ3v) is 4.90. The van der Waals surface area contributed by atoms with Crippen LogP contribution < -0.4 is 0 Å². The average molecular weight is 344 g/mol. The van der Waals surface area contributed by atoms with E-state index in [1.165, 1.54) is 12.1 Å². The van der Waals surface area contributed by atoms with Gasteiger partial charge in [-0.15, -0.1) is 0 Å². The molecule has 0 heterocycles. The van der Waals surface area contributed by atoms with E-state index in [1.54, 1.807) is 0 Å². The third kappa shape index (κ3) is 2.47. The highest BCUT2D eigenvalue weighted by molar-refractivity contribution is 6.08. The largest absolute Gasteiger partial charge is 0.478 e. The van der Waals surface area contributed by atoms with Crippen LogP contribution >= 0.6 is 0 Å². The Bertz CT molecular complexity index is 965. The van der Waals surface area contributed by atoms with Crippen molar-refractivity contribution in [3.63, 3.8) is 0 Å². The van der Waals surface area contributed by atoms with Crippen LogP contribution in [0.4, 0.5) is 0 Å². The van der Waals surface area contributed by atoms with Gasteiger partial charge in [0, 0.05) is 11.1 Å². The van der Waals surface area contributed by atoms with Crippen molar-refractivity contribution in [3.8, 4) is 22.3 Å². The summed E-state index contributed by atoms with van der Waals surface area (Å²) in [6.45, 7) is 0. The van der Waals surface area contributed by atoms with Crippen molar-refractivity contribution in [3.05, 3.63) is 82.9 Å². The van der Waals surface area contributed by atoms with Crippen LogP contribution in [0.1, 0.15) is 31.8 Å². The second-order valence-corrected chi connectivity index (χ2v) is 6.34. The van der Waals surface area contributed by atoms with E-state index in [9.17, 15) is 19.8 Å². The highest BCUT2D eigenvalue weighted by Crippen LogP contribution is 2.42. The molecule has 0 fully saturated rings. The minimum absolute atomic E-state index is 0.120. The van der Waals surface area contributed by atoms with Crippen molar-refractivity contribution < 1.29 is 19.8 Å². The molecule has 4 heteroatoms. The van der Waals surface area contributed by atoms with Gasteiger partial charge in [-0.05, 0) is 47.2 Å². The summed E-state index contributed by atoms with van der Waals surface area (Å²) < 4.78 is 0. The summed E-state index contributed by atoms with van der Waals surface area (Å²) in [4.78, 5) is 23.9. The van der Waals surface area contributed by atoms with E-state index in [1.807, 2.05) is 48.5 Å². The van der Waals surface area contributed by atoms with E-state index in [4.69, 9.17) is 0 Å². The molecule has 0 saturated heterocycles. The lowest BCUT2D eigenvalue weighted by molar-refractivity contribution is 0.0682. The first-order chi connectivity index (χ1) is 12.6. The average Bonchev–Trinajstić information content (AvgIpc) is 2.64. The zero-order valence-electron chi connectivity index (χ0n) is 13.9. The fraction of sp³-hybridized carbons (Fsp3) is 0.0909. The van der Waals surface area contributed by atoms with Crippen molar-refractivity contribution in [2.75, 3.05) is 0 Å². The highest BCUT2D eigenvalue weighted by atomic mass is 16.4. The normalized spacial score (nSPS) is 12.2. The summed E-state index contributed by atoms with van der Waals surface area (Å²) in [5.74, 6) is -2.13. The lowest BCUT2D eigenvalue weighted by Gasteiger charge is -2.23. The van der Waals surface area contributed by atoms with Gasteiger partial charge in [-0.3, -0.25) is 0 Å². The number of fused-ring (bicyclic) bond motifs is 5. The Morgan fingerprint density at radius 1 is 0.615 bits per heavy atom. The molecule has 0 aliphatic heterocycles. The molecule has 0 bridgehead atoms. The molecule has 4 rings (SSSR count). The SMILES string of the molecule is O=C(O)c1ccc(C(=O)O)c2c1-c1ccccc1CCc1ccccc1-2. The van der Waals surface area contributed by atoms with Gasteiger partial charge in [-0.2, -0.15) is 0 Å². The predicted octanol–water partition coefficient (Wildman–Crippen LogP) is 4.52. The zero-order valence-corrected chi connectivity index (χ0v) is 13.9. The maximum Gasteiger partial charge on any atom is 0.336 e. The molecule has 0 atom stereocenters. The first-order valence-electron chi connectivity index (χ1n) is 8.38. The monoisotopic (exact) mass is 344 g/mol. The van der Waals surface area contributed by atoms with E-state index in [-0.39, 0.29) is 11.1 Å². The molecule has 4 nitrogen and oxygen atoms in total. The van der Waals surface area contributed by atoms with Gasteiger partial charge >= 0.3 is 11.9 Å². The number of aromatic carboxylic acids is 2.